The Morgan fingerprint density at radius 3 is 2.12 bits per heavy atom. The fourth-order valence-corrected chi connectivity index (χ4v) is 2.43. The van der Waals surface area contributed by atoms with E-state index >= 15 is 0 Å². The number of hydrogen-bond donors (Lipinski definition) is 3. The minimum Gasteiger partial charge on any atom is -0.481 e. The van der Waals surface area contributed by atoms with Crippen molar-refractivity contribution >= 4 is 5.97 Å². The number of hydrogen-bond acceptors (Lipinski definition) is 3. The summed E-state index contributed by atoms with van der Waals surface area (Å²) >= 11 is 0. The molecule has 0 radical (unpaired) electrons. The molecule has 4 heteroatoms. The second kappa shape index (κ2) is 4.72. The number of carbonyl (C=O) groups is 1. The molecule has 0 aromatic carbocycles. The summed E-state index contributed by atoms with van der Waals surface area (Å²) in [5, 5.41) is 27.6. The zero-order valence-electron chi connectivity index (χ0n) is 10.1. The van der Waals surface area contributed by atoms with Gasteiger partial charge >= 0.3 is 5.97 Å². The second-order valence-electron chi connectivity index (χ2n) is 5.79. The van der Waals surface area contributed by atoms with Gasteiger partial charge in [0.2, 0.25) is 0 Å². The summed E-state index contributed by atoms with van der Waals surface area (Å²) in [7, 11) is 0. The van der Waals surface area contributed by atoms with Gasteiger partial charge in [-0.3, -0.25) is 4.79 Å². The van der Waals surface area contributed by atoms with Crippen LogP contribution in [0.15, 0.2) is 0 Å². The van der Waals surface area contributed by atoms with Crippen LogP contribution < -0.4 is 0 Å². The van der Waals surface area contributed by atoms with E-state index < -0.39 is 17.5 Å². The Morgan fingerprint density at radius 2 is 1.75 bits per heavy atom. The van der Waals surface area contributed by atoms with Crippen LogP contribution in [0.25, 0.3) is 0 Å². The van der Waals surface area contributed by atoms with E-state index in [-0.39, 0.29) is 18.4 Å². The maximum atomic E-state index is 11.3. The molecule has 0 aromatic rings. The molecule has 1 atom stereocenters. The topological polar surface area (TPSA) is 77.8 Å². The van der Waals surface area contributed by atoms with Gasteiger partial charge in [-0.1, -0.05) is 13.8 Å². The molecule has 94 valence electrons. The fourth-order valence-electron chi connectivity index (χ4n) is 2.43. The quantitative estimate of drug-likeness (QED) is 0.682. The first kappa shape index (κ1) is 13.5. The van der Waals surface area contributed by atoms with Crippen LogP contribution in [0.5, 0.6) is 0 Å². The lowest BCUT2D eigenvalue weighted by molar-refractivity contribution is -0.155. The van der Waals surface area contributed by atoms with Crippen molar-refractivity contribution < 1.29 is 20.1 Å². The third-order valence-corrected chi connectivity index (χ3v) is 3.85. The Labute approximate surface area is 96.3 Å². The van der Waals surface area contributed by atoms with Crippen molar-refractivity contribution in [3.05, 3.63) is 0 Å². The molecule has 1 aliphatic carbocycles. The molecule has 0 spiro atoms. The molecule has 1 fully saturated rings. The smallest absolute Gasteiger partial charge is 0.309 e. The van der Waals surface area contributed by atoms with Gasteiger partial charge in [0.05, 0.1) is 18.1 Å². The van der Waals surface area contributed by atoms with Crippen LogP contribution in [0, 0.1) is 10.8 Å². The van der Waals surface area contributed by atoms with E-state index in [1.54, 1.807) is 0 Å². The monoisotopic (exact) mass is 230 g/mol. The average Bonchev–Trinajstić information content (AvgIpc) is 2.21. The minimum atomic E-state index is -0.919. The third kappa shape index (κ3) is 2.95. The maximum absolute atomic E-state index is 11.3. The third-order valence-electron chi connectivity index (χ3n) is 3.85. The van der Waals surface area contributed by atoms with E-state index in [2.05, 4.69) is 13.8 Å². The van der Waals surface area contributed by atoms with Crippen molar-refractivity contribution in [2.75, 3.05) is 6.61 Å². The largest absolute Gasteiger partial charge is 0.481 e. The number of carboxylic acids is 1. The summed E-state index contributed by atoms with van der Waals surface area (Å²) in [4.78, 5) is 11.3. The van der Waals surface area contributed by atoms with Crippen LogP contribution in [-0.4, -0.2) is 34.0 Å². The zero-order chi connectivity index (χ0) is 12.4. The van der Waals surface area contributed by atoms with E-state index in [9.17, 15) is 15.0 Å². The predicted octanol–water partition coefficient (Wildman–Crippen LogP) is 1.40. The SMILES string of the molecule is CC1(C)CCC(CC(O)CO)(C(=O)O)CC1. The molecule has 0 aromatic heterocycles. The molecule has 0 amide bonds. The minimum absolute atomic E-state index is 0.162. The summed E-state index contributed by atoms with van der Waals surface area (Å²) in [5.41, 5.74) is -0.638. The molecular formula is C12H22O4. The number of carboxylic acid groups (broad SMARTS) is 1. The Balaban J connectivity index is 2.73. The molecule has 16 heavy (non-hydrogen) atoms. The van der Waals surface area contributed by atoms with Gasteiger partial charge in [0.15, 0.2) is 0 Å². The molecule has 1 saturated carbocycles. The standard InChI is InChI=1S/C12H22O4/c1-11(2)3-5-12(6-4-11,10(15)16)7-9(14)8-13/h9,13-14H,3-8H2,1-2H3,(H,15,16). The Kier molecular flexibility index (Phi) is 3.97. The molecule has 1 unspecified atom stereocenters. The zero-order valence-corrected chi connectivity index (χ0v) is 10.1. The lowest BCUT2D eigenvalue weighted by atomic mass is 9.63. The first-order valence-corrected chi connectivity index (χ1v) is 5.84. The highest BCUT2D eigenvalue weighted by Crippen LogP contribution is 2.47. The Hall–Kier alpha value is -0.610. The maximum Gasteiger partial charge on any atom is 0.309 e. The van der Waals surface area contributed by atoms with Crippen molar-refractivity contribution in [3.8, 4) is 0 Å². The molecule has 0 heterocycles. The number of rotatable bonds is 4. The van der Waals surface area contributed by atoms with E-state index in [0.29, 0.717) is 12.8 Å². The van der Waals surface area contributed by atoms with Crippen LogP contribution in [0.1, 0.15) is 46.0 Å². The van der Waals surface area contributed by atoms with Crippen LogP contribution in [-0.2, 0) is 4.79 Å². The number of aliphatic hydroxyl groups is 2. The Bertz CT molecular complexity index is 250. The van der Waals surface area contributed by atoms with Crippen molar-refractivity contribution in [1.82, 2.24) is 0 Å². The highest BCUT2D eigenvalue weighted by atomic mass is 16.4. The number of aliphatic carboxylic acids is 1. The summed E-state index contributed by atoms with van der Waals surface area (Å²) in [6, 6.07) is 0. The molecule has 1 rings (SSSR count). The second-order valence-corrected chi connectivity index (χ2v) is 5.79. The summed E-state index contributed by atoms with van der Waals surface area (Å²) in [6.45, 7) is 3.92. The number of aliphatic hydroxyl groups excluding tert-OH is 2. The summed E-state index contributed by atoms with van der Waals surface area (Å²) in [6.07, 6.45) is 2.14. The molecular weight excluding hydrogens is 208 g/mol. The van der Waals surface area contributed by atoms with Crippen LogP contribution >= 0.6 is 0 Å². The lowest BCUT2D eigenvalue weighted by Gasteiger charge is -2.41. The first-order chi connectivity index (χ1) is 7.31. The van der Waals surface area contributed by atoms with E-state index in [0.717, 1.165) is 12.8 Å². The molecule has 1 aliphatic rings. The van der Waals surface area contributed by atoms with Crippen molar-refractivity contribution in [2.45, 2.75) is 52.1 Å². The van der Waals surface area contributed by atoms with Gasteiger partial charge in [0, 0.05) is 0 Å². The normalized spacial score (nSPS) is 25.0. The molecule has 0 saturated heterocycles. The van der Waals surface area contributed by atoms with Crippen molar-refractivity contribution in [3.63, 3.8) is 0 Å². The van der Waals surface area contributed by atoms with Gasteiger partial charge < -0.3 is 15.3 Å². The van der Waals surface area contributed by atoms with Gasteiger partial charge in [-0.15, -0.1) is 0 Å². The van der Waals surface area contributed by atoms with Gasteiger partial charge in [0.25, 0.3) is 0 Å². The van der Waals surface area contributed by atoms with Gasteiger partial charge in [-0.05, 0) is 37.5 Å². The van der Waals surface area contributed by atoms with Gasteiger partial charge in [-0.25, -0.2) is 0 Å². The molecule has 3 N–H and O–H groups in total. The van der Waals surface area contributed by atoms with E-state index in [4.69, 9.17) is 5.11 Å². The average molecular weight is 230 g/mol. The summed E-state index contributed by atoms with van der Waals surface area (Å²) in [5.74, 6) is -0.837. The molecule has 0 aliphatic heterocycles. The van der Waals surface area contributed by atoms with Gasteiger partial charge in [0.1, 0.15) is 0 Å². The van der Waals surface area contributed by atoms with Crippen LogP contribution in [0.4, 0.5) is 0 Å². The fraction of sp³-hybridized carbons (Fsp3) is 0.917. The van der Waals surface area contributed by atoms with E-state index in [1.807, 2.05) is 0 Å². The van der Waals surface area contributed by atoms with Crippen LogP contribution in [0.2, 0.25) is 0 Å². The molecule has 4 nitrogen and oxygen atoms in total. The highest BCUT2D eigenvalue weighted by Gasteiger charge is 2.44. The Morgan fingerprint density at radius 1 is 1.25 bits per heavy atom. The highest BCUT2D eigenvalue weighted by molar-refractivity contribution is 5.74. The van der Waals surface area contributed by atoms with Crippen molar-refractivity contribution in [1.29, 1.82) is 0 Å². The summed E-state index contributed by atoms with van der Waals surface area (Å²) < 4.78 is 0. The predicted molar refractivity (Wildman–Crippen MR) is 60.0 cm³/mol. The first-order valence-electron chi connectivity index (χ1n) is 5.84. The van der Waals surface area contributed by atoms with Crippen molar-refractivity contribution in [2.24, 2.45) is 10.8 Å². The molecule has 0 bridgehead atoms. The van der Waals surface area contributed by atoms with Gasteiger partial charge in [-0.2, -0.15) is 0 Å². The lowest BCUT2D eigenvalue weighted by Crippen LogP contribution is -2.41. The van der Waals surface area contributed by atoms with Crippen LogP contribution in [0.3, 0.4) is 0 Å². The van der Waals surface area contributed by atoms with E-state index in [1.165, 1.54) is 0 Å².